The fourth-order valence-corrected chi connectivity index (χ4v) is 11.6. The molecule has 0 fully saturated rings. The number of likely N-dealkylation sites (N-methyl/N-ethyl adjacent to an activating group) is 2. The van der Waals surface area contributed by atoms with E-state index < -0.39 is 25.7 Å². The first-order chi connectivity index (χ1) is 25.9. The second-order valence-corrected chi connectivity index (χ2v) is 20.1. The molecule has 0 aliphatic carbocycles. The summed E-state index contributed by atoms with van der Waals surface area (Å²) >= 11 is 20.0. The van der Waals surface area contributed by atoms with Gasteiger partial charge in [-0.15, -0.1) is 0 Å². The van der Waals surface area contributed by atoms with Crippen LogP contribution in [-0.2, 0) is 20.0 Å². The van der Waals surface area contributed by atoms with Crippen molar-refractivity contribution in [3.63, 3.8) is 0 Å². The Hall–Kier alpha value is -3.08. The zero-order chi connectivity index (χ0) is 40.0. The number of fused-ring (bicyclic) bond motifs is 2. The Morgan fingerprint density at radius 1 is 0.691 bits per heavy atom. The number of aromatic nitrogens is 2. The summed E-state index contributed by atoms with van der Waals surface area (Å²) in [5, 5.41) is 1.84. The number of halogens is 4. The van der Waals surface area contributed by atoms with Crippen LogP contribution < -0.4 is 9.47 Å². The van der Waals surface area contributed by atoms with Gasteiger partial charge >= 0.3 is 0 Å². The molecule has 6 rings (SSSR count). The minimum absolute atomic E-state index is 0.0876. The van der Waals surface area contributed by atoms with E-state index in [1.54, 1.807) is 54.6 Å². The third kappa shape index (κ3) is 7.94. The van der Waals surface area contributed by atoms with Crippen LogP contribution in [0.3, 0.4) is 0 Å². The van der Waals surface area contributed by atoms with Crippen LogP contribution >= 0.6 is 55.1 Å². The Morgan fingerprint density at radius 3 is 1.60 bits per heavy atom. The average Bonchev–Trinajstić information content (AvgIpc) is 3.69. The van der Waals surface area contributed by atoms with Crippen molar-refractivity contribution < 1.29 is 26.3 Å². The van der Waals surface area contributed by atoms with Crippen molar-refractivity contribution >= 4 is 96.9 Å². The van der Waals surface area contributed by atoms with Crippen LogP contribution in [0.2, 0.25) is 10.0 Å². The van der Waals surface area contributed by atoms with E-state index >= 15 is 0 Å². The van der Waals surface area contributed by atoms with Gasteiger partial charge in [-0.25, -0.2) is 24.8 Å². The standard InChI is InChI=1S/C39H40Br2Cl2N4O6S2/c1-25(2)26-12-14-30(15-13-26)55(50,51)47-23-36(32-19-28(43)21-34(41)38(32)47)53-24-39(44(3)4,45(5)6)16-17-52-35-22-46(37-31(35)18-27(42)20-33(37)40)54(48,49)29-10-8-7-9-11-29/h7-15,18-23,25H,16-17,24H2,1-6H3. The summed E-state index contributed by atoms with van der Waals surface area (Å²) < 4.78 is 72.3. The molecule has 55 heavy (non-hydrogen) atoms. The number of ether oxygens (including phenoxy) is 2. The molecular formula is C39H40Br2Cl2N4O6S2. The Kier molecular flexibility index (Phi) is 12.1. The van der Waals surface area contributed by atoms with Crippen molar-refractivity contribution in [2.45, 2.75) is 41.6 Å². The summed E-state index contributed by atoms with van der Waals surface area (Å²) in [5.41, 5.74) is 1.02. The second-order valence-electron chi connectivity index (χ2n) is 13.9. The van der Waals surface area contributed by atoms with E-state index in [4.69, 9.17) is 32.7 Å². The Bertz CT molecular complexity index is 2590. The van der Waals surface area contributed by atoms with Gasteiger partial charge in [-0.3, -0.25) is 9.80 Å². The molecule has 0 N–H and O–H groups in total. The fraction of sp³-hybridized carbons (Fsp3) is 0.282. The smallest absolute Gasteiger partial charge is 0.268 e. The fourth-order valence-electron chi connectivity index (χ4n) is 6.59. The quantitative estimate of drug-likeness (QED) is 0.0996. The molecule has 0 aliphatic heterocycles. The molecule has 0 saturated carbocycles. The molecule has 0 unspecified atom stereocenters. The van der Waals surface area contributed by atoms with Gasteiger partial charge in [0.1, 0.15) is 23.8 Å². The summed E-state index contributed by atoms with van der Waals surface area (Å²) in [4.78, 5) is 4.27. The van der Waals surface area contributed by atoms with Gasteiger partial charge in [-0.2, -0.15) is 0 Å². The first-order valence-corrected chi connectivity index (χ1v) is 22.4. The van der Waals surface area contributed by atoms with Crippen LogP contribution in [0.25, 0.3) is 21.8 Å². The average molecular weight is 956 g/mol. The van der Waals surface area contributed by atoms with E-state index in [-0.39, 0.29) is 28.9 Å². The molecule has 0 amide bonds. The van der Waals surface area contributed by atoms with Crippen molar-refractivity contribution in [3.05, 3.63) is 116 Å². The van der Waals surface area contributed by atoms with Gasteiger partial charge in [0.05, 0.1) is 39.8 Å². The van der Waals surface area contributed by atoms with Crippen LogP contribution in [0, 0.1) is 0 Å². The van der Waals surface area contributed by atoms with E-state index in [0.29, 0.717) is 58.7 Å². The minimum Gasteiger partial charge on any atom is -0.491 e. The number of benzene rings is 4. The predicted octanol–water partition coefficient (Wildman–Crippen LogP) is 9.69. The highest BCUT2D eigenvalue weighted by Crippen LogP contribution is 2.40. The summed E-state index contributed by atoms with van der Waals surface area (Å²) in [6, 6.07) is 21.7. The number of hydrogen-bond donors (Lipinski definition) is 0. The van der Waals surface area contributed by atoms with Crippen LogP contribution in [0.4, 0.5) is 0 Å². The lowest BCUT2D eigenvalue weighted by Gasteiger charge is -2.44. The van der Waals surface area contributed by atoms with Crippen molar-refractivity contribution in [3.8, 4) is 11.5 Å². The Balaban J connectivity index is 1.33. The van der Waals surface area contributed by atoms with Gasteiger partial charge in [-0.05, 0) is 120 Å². The first kappa shape index (κ1) is 41.6. The Morgan fingerprint density at radius 2 is 1.15 bits per heavy atom. The SMILES string of the molecule is CC(C)c1ccc(S(=O)(=O)n2cc(OCC(CCOc3cn(S(=O)(=O)c4ccccc4)c4c(Br)cc(Cl)cc34)(N(C)C)N(C)C)c3cc(Cl)cc(Br)c32)cc1. The molecule has 2 heterocycles. The highest BCUT2D eigenvalue weighted by molar-refractivity contribution is 9.11. The van der Waals surface area contributed by atoms with Crippen LogP contribution in [-0.4, -0.2) is 81.6 Å². The number of nitrogens with zero attached hydrogens (tertiary/aromatic N) is 4. The minimum atomic E-state index is -4.04. The zero-order valence-electron chi connectivity index (χ0n) is 30.9. The molecule has 4 aromatic carbocycles. The van der Waals surface area contributed by atoms with Crippen molar-refractivity contribution in [1.82, 2.24) is 17.7 Å². The lowest BCUT2D eigenvalue weighted by molar-refractivity contribution is -0.0480. The van der Waals surface area contributed by atoms with Gasteiger partial charge in [0, 0.05) is 36.2 Å². The summed E-state index contributed by atoms with van der Waals surface area (Å²) in [5.74, 6) is 0.902. The highest BCUT2D eigenvalue weighted by atomic mass is 79.9. The summed E-state index contributed by atoms with van der Waals surface area (Å²) in [6.45, 7) is 4.33. The molecule has 0 bridgehead atoms. The molecule has 292 valence electrons. The third-order valence-electron chi connectivity index (χ3n) is 9.78. The van der Waals surface area contributed by atoms with E-state index in [1.165, 1.54) is 32.5 Å². The van der Waals surface area contributed by atoms with Crippen LogP contribution in [0.5, 0.6) is 11.5 Å². The maximum atomic E-state index is 14.1. The van der Waals surface area contributed by atoms with Gasteiger partial charge in [0.15, 0.2) is 0 Å². The van der Waals surface area contributed by atoms with Crippen molar-refractivity contribution in [2.24, 2.45) is 0 Å². The van der Waals surface area contributed by atoms with Gasteiger partial charge < -0.3 is 9.47 Å². The van der Waals surface area contributed by atoms with E-state index in [0.717, 1.165) is 5.56 Å². The third-order valence-corrected chi connectivity index (χ3v) is 14.8. The largest absolute Gasteiger partial charge is 0.491 e. The molecular weight excluding hydrogens is 915 g/mol. The highest BCUT2D eigenvalue weighted by Gasteiger charge is 2.37. The maximum absolute atomic E-state index is 14.1. The van der Waals surface area contributed by atoms with E-state index in [1.807, 2.05) is 50.1 Å². The van der Waals surface area contributed by atoms with Gasteiger partial charge in [0.25, 0.3) is 20.0 Å². The van der Waals surface area contributed by atoms with Crippen LogP contribution in [0.15, 0.2) is 110 Å². The summed E-state index contributed by atoms with van der Waals surface area (Å²) in [6.07, 6.45) is 3.33. The Labute approximate surface area is 348 Å². The van der Waals surface area contributed by atoms with Crippen LogP contribution in [0.1, 0.15) is 31.7 Å². The molecule has 2 aromatic heterocycles. The molecule has 10 nitrogen and oxygen atoms in total. The lowest BCUT2D eigenvalue weighted by Crippen LogP contribution is -2.59. The summed E-state index contributed by atoms with van der Waals surface area (Å²) in [7, 11) is -0.356. The molecule has 0 aliphatic rings. The van der Waals surface area contributed by atoms with Gasteiger partial charge in [0.2, 0.25) is 0 Å². The molecule has 16 heteroatoms. The molecule has 0 spiro atoms. The number of hydrogen-bond acceptors (Lipinski definition) is 8. The predicted molar refractivity (Wildman–Crippen MR) is 227 cm³/mol. The topological polar surface area (TPSA) is 103 Å². The molecule has 0 atom stereocenters. The lowest BCUT2D eigenvalue weighted by atomic mass is 10.0. The van der Waals surface area contributed by atoms with E-state index in [2.05, 4.69) is 45.7 Å². The van der Waals surface area contributed by atoms with Crippen molar-refractivity contribution in [1.29, 1.82) is 0 Å². The monoisotopic (exact) mass is 952 g/mol. The molecule has 6 aromatic rings. The molecule has 0 saturated heterocycles. The first-order valence-electron chi connectivity index (χ1n) is 17.2. The molecule has 0 radical (unpaired) electrons. The van der Waals surface area contributed by atoms with E-state index in [9.17, 15) is 16.8 Å². The van der Waals surface area contributed by atoms with Crippen molar-refractivity contribution in [2.75, 3.05) is 41.4 Å². The second kappa shape index (κ2) is 16.0. The zero-order valence-corrected chi connectivity index (χ0v) is 37.2. The van der Waals surface area contributed by atoms with Gasteiger partial charge in [-0.1, -0.05) is 67.4 Å². The normalized spacial score (nSPS) is 12.8. The number of rotatable bonds is 14. The maximum Gasteiger partial charge on any atom is 0.268 e.